The summed E-state index contributed by atoms with van der Waals surface area (Å²) in [4.78, 5) is 14.7. The maximum Gasteiger partial charge on any atom is 0.240 e. The summed E-state index contributed by atoms with van der Waals surface area (Å²) in [5.41, 5.74) is 0. The Hall–Kier alpha value is -0.570. The number of carbonyl (C=O) groups excluding carboxylic acids is 1. The summed E-state index contributed by atoms with van der Waals surface area (Å²) in [6, 6.07) is 0.562. The van der Waals surface area contributed by atoms with Crippen molar-refractivity contribution in [3.8, 4) is 0 Å². The van der Waals surface area contributed by atoms with Crippen LogP contribution in [0.25, 0.3) is 0 Å². The van der Waals surface area contributed by atoms with Crippen molar-refractivity contribution in [2.24, 2.45) is 5.92 Å². The van der Waals surface area contributed by atoms with E-state index in [2.05, 4.69) is 10.2 Å². The molecule has 3 nitrogen and oxygen atoms in total. The van der Waals surface area contributed by atoms with Crippen molar-refractivity contribution in [1.82, 2.24) is 10.2 Å². The fraction of sp³-hybridized carbons (Fsp3) is 0.933. The standard InChI is InChI=1S/C15H26N2O/c1-11-15(18)17(13-9-3-2-4-10-13)14(16-11)12-7-5-6-8-12/h11-14,16H,2-10H2,1H3. The van der Waals surface area contributed by atoms with Crippen LogP contribution in [0.5, 0.6) is 0 Å². The summed E-state index contributed by atoms with van der Waals surface area (Å²) in [5.74, 6) is 1.07. The number of nitrogens with one attached hydrogen (secondary N) is 1. The molecule has 0 radical (unpaired) electrons. The van der Waals surface area contributed by atoms with Crippen LogP contribution in [0, 0.1) is 5.92 Å². The zero-order chi connectivity index (χ0) is 12.5. The molecule has 2 aliphatic carbocycles. The summed E-state index contributed by atoms with van der Waals surface area (Å²) in [7, 11) is 0. The molecule has 3 rings (SSSR count). The second-order valence-electron chi connectivity index (χ2n) is 6.42. The molecular weight excluding hydrogens is 224 g/mol. The van der Waals surface area contributed by atoms with E-state index in [4.69, 9.17) is 0 Å². The molecule has 3 heteroatoms. The minimum absolute atomic E-state index is 0.0394. The summed E-state index contributed by atoms with van der Waals surface area (Å²) in [6.45, 7) is 2.03. The van der Waals surface area contributed by atoms with E-state index >= 15 is 0 Å². The van der Waals surface area contributed by atoms with Crippen LogP contribution in [0.2, 0.25) is 0 Å². The second-order valence-corrected chi connectivity index (χ2v) is 6.42. The molecule has 0 aromatic carbocycles. The Morgan fingerprint density at radius 1 is 1.00 bits per heavy atom. The average Bonchev–Trinajstić information content (AvgIpc) is 3.00. The quantitative estimate of drug-likeness (QED) is 0.817. The smallest absolute Gasteiger partial charge is 0.240 e. The molecule has 0 aromatic rings. The molecule has 102 valence electrons. The van der Waals surface area contributed by atoms with Crippen LogP contribution in [-0.2, 0) is 4.79 Å². The first-order chi connectivity index (χ1) is 8.77. The molecule has 1 heterocycles. The monoisotopic (exact) mass is 250 g/mol. The van der Waals surface area contributed by atoms with Gasteiger partial charge in [-0.05, 0) is 38.5 Å². The van der Waals surface area contributed by atoms with Gasteiger partial charge < -0.3 is 4.90 Å². The van der Waals surface area contributed by atoms with Crippen molar-refractivity contribution < 1.29 is 4.79 Å². The lowest BCUT2D eigenvalue weighted by molar-refractivity contribution is -0.133. The van der Waals surface area contributed by atoms with Gasteiger partial charge in [-0.1, -0.05) is 32.1 Å². The highest BCUT2D eigenvalue weighted by Gasteiger charge is 2.44. The molecule has 2 unspecified atom stereocenters. The fourth-order valence-corrected chi connectivity index (χ4v) is 4.17. The van der Waals surface area contributed by atoms with Crippen LogP contribution >= 0.6 is 0 Å². The van der Waals surface area contributed by atoms with E-state index in [-0.39, 0.29) is 6.04 Å². The van der Waals surface area contributed by atoms with Gasteiger partial charge in [0.15, 0.2) is 0 Å². The third-order valence-corrected chi connectivity index (χ3v) is 5.16. The molecule has 1 amide bonds. The minimum atomic E-state index is 0.0394. The highest BCUT2D eigenvalue weighted by molar-refractivity contribution is 5.84. The highest BCUT2D eigenvalue weighted by atomic mass is 16.2. The lowest BCUT2D eigenvalue weighted by Gasteiger charge is -2.37. The van der Waals surface area contributed by atoms with Crippen molar-refractivity contribution in [2.45, 2.75) is 83.0 Å². The molecule has 0 bridgehead atoms. The van der Waals surface area contributed by atoms with Crippen molar-refractivity contribution in [1.29, 1.82) is 0 Å². The van der Waals surface area contributed by atoms with Gasteiger partial charge in [0.1, 0.15) is 0 Å². The molecule has 18 heavy (non-hydrogen) atoms. The number of rotatable bonds is 2. The molecule has 2 atom stereocenters. The Bertz CT molecular complexity index is 306. The largest absolute Gasteiger partial charge is 0.323 e. The van der Waals surface area contributed by atoms with Gasteiger partial charge in [0, 0.05) is 6.04 Å². The van der Waals surface area contributed by atoms with E-state index < -0.39 is 0 Å². The van der Waals surface area contributed by atoms with Crippen LogP contribution in [0.15, 0.2) is 0 Å². The number of carbonyl (C=O) groups is 1. The van der Waals surface area contributed by atoms with Gasteiger partial charge in [0.2, 0.25) is 5.91 Å². The average molecular weight is 250 g/mol. The van der Waals surface area contributed by atoms with Gasteiger partial charge in [-0.3, -0.25) is 10.1 Å². The van der Waals surface area contributed by atoms with Gasteiger partial charge in [0.25, 0.3) is 0 Å². The first kappa shape index (κ1) is 12.5. The zero-order valence-corrected chi connectivity index (χ0v) is 11.5. The number of hydrogen-bond donors (Lipinski definition) is 1. The molecule has 1 N–H and O–H groups in total. The van der Waals surface area contributed by atoms with Crippen molar-refractivity contribution in [3.05, 3.63) is 0 Å². The molecular formula is C15H26N2O. The van der Waals surface area contributed by atoms with Gasteiger partial charge in [-0.2, -0.15) is 0 Å². The van der Waals surface area contributed by atoms with Gasteiger partial charge >= 0.3 is 0 Å². The zero-order valence-electron chi connectivity index (χ0n) is 11.5. The third-order valence-electron chi connectivity index (χ3n) is 5.16. The predicted octanol–water partition coefficient (Wildman–Crippen LogP) is 2.66. The van der Waals surface area contributed by atoms with E-state index in [0.717, 1.165) is 0 Å². The van der Waals surface area contributed by atoms with Crippen molar-refractivity contribution in [3.63, 3.8) is 0 Å². The Morgan fingerprint density at radius 2 is 1.61 bits per heavy atom. The summed E-state index contributed by atoms with van der Waals surface area (Å²) in [6.07, 6.45) is 12.1. The first-order valence-electron chi connectivity index (χ1n) is 7.85. The normalized spacial score (nSPS) is 35.6. The Labute approximate surface area is 110 Å². The summed E-state index contributed by atoms with van der Waals surface area (Å²) >= 11 is 0. The van der Waals surface area contributed by atoms with E-state index in [1.54, 1.807) is 0 Å². The molecule has 3 fully saturated rings. The number of nitrogens with zero attached hydrogens (tertiary/aromatic N) is 1. The molecule has 0 spiro atoms. The van der Waals surface area contributed by atoms with E-state index in [1.165, 1.54) is 57.8 Å². The number of amides is 1. The summed E-state index contributed by atoms with van der Waals surface area (Å²) in [5, 5.41) is 3.57. The summed E-state index contributed by atoms with van der Waals surface area (Å²) < 4.78 is 0. The van der Waals surface area contributed by atoms with Gasteiger partial charge in [0.05, 0.1) is 12.2 Å². The lowest BCUT2D eigenvalue weighted by atomic mass is 9.92. The maximum absolute atomic E-state index is 12.4. The molecule has 1 aliphatic heterocycles. The molecule has 0 aromatic heterocycles. The molecule has 3 aliphatic rings. The van der Waals surface area contributed by atoms with Crippen LogP contribution in [0.1, 0.15) is 64.7 Å². The Morgan fingerprint density at radius 3 is 2.28 bits per heavy atom. The maximum atomic E-state index is 12.4. The van der Waals surface area contributed by atoms with E-state index in [9.17, 15) is 4.79 Å². The fourth-order valence-electron chi connectivity index (χ4n) is 4.17. The molecule has 1 saturated heterocycles. The van der Waals surface area contributed by atoms with Crippen LogP contribution in [0.3, 0.4) is 0 Å². The minimum Gasteiger partial charge on any atom is -0.323 e. The van der Waals surface area contributed by atoms with Crippen LogP contribution < -0.4 is 5.32 Å². The van der Waals surface area contributed by atoms with Crippen molar-refractivity contribution in [2.75, 3.05) is 0 Å². The second kappa shape index (κ2) is 5.20. The van der Waals surface area contributed by atoms with Crippen LogP contribution in [0.4, 0.5) is 0 Å². The Balaban J connectivity index is 1.75. The molecule has 2 saturated carbocycles. The highest BCUT2D eigenvalue weighted by Crippen LogP contribution is 2.35. The first-order valence-corrected chi connectivity index (χ1v) is 7.85. The lowest BCUT2D eigenvalue weighted by Crippen LogP contribution is -2.48. The SMILES string of the molecule is CC1NC(C2CCCC2)N(C2CCCCC2)C1=O. The number of hydrogen-bond acceptors (Lipinski definition) is 2. The predicted molar refractivity (Wildman–Crippen MR) is 72.1 cm³/mol. The van der Waals surface area contributed by atoms with Crippen molar-refractivity contribution >= 4 is 5.91 Å². The van der Waals surface area contributed by atoms with Crippen LogP contribution in [-0.4, -0.2) is 29.1 Å². The third kappa shape index (κ3) is 2.18. The van der Waals surface area contributed by atoms with E-state index in [1.807, 2.05) is 6.92 Å². The van der Waals surface area contributed by atoms with Gasteiger partial charge in [-0.15, -0.1) is 0 Å². The van der Waals surface area contributed by atoms with E-state index in [0.29, 0.717) is 24.0 Å². The van der Waals surface area contributed by atoms with Gasteiger partial charge in [-0.25, -0.2) is 0 Å². The topological polar surface area (TPSA) is 32.3 Å². The Kier molecular flexibility index (Phi) is 3.60.